The van der Waals surface area contributed by atoms with Gasteiger partial charge in [-0.05, 0) is 31.4 Å². The number of hydrogen-bond donors (Lipinski definition) is 1. The molecule has 2 heterocycles. The number of aryl methyl sites for hydroxylation is 1. The third-order valence-corrected chi connectivity index (χ3v) is 4.70. The topological polar surface area (TPSA) is 74.9 Å². The average molecular weight is 315 g/mol. The predicted molar refractivity (Wildman–Crippen MR) is 88.4 cm³/mol. The van der Waals surface area contributed by atoms with Gasteiger partial charge in [-0.25, -0.2) is 9.78 Å². The lowest BCUT2D eigenvalue weighted by atomic mass is 9.94. The van der Waals surface area contributed by atoms with Crippen LogP contribution in [-0.4, -0.2) is 33.6 Å². The SMILES string of the molecule is Cc1cccn2c(=O)c(C(=O)O)c(N(C)C3CCCCC3)nc12. The van der Waals surface area contributed by atoms with E-state index in [1.807, 2.05) is 24.9 Å². The van der Waals surface area contributed by atoms with Crippen LogP contribution in [0, 0.1) is 6.92 Å². The Balaban J connectivity index is 2.21. The van der Waals surface area contributed by atoms with E-state index < -0.39 is 11.5 Å². The Morgan fingerprint density at radius 2 is 2.04 bits per heavy atom. The van der Waals surface area contributed by atoms with E-state index in [4.69, 9.17) is 0 Å². The third kappa shape index (κ3) is 2.69. The van der Waals surface area contributed by atoms with Crippen molar-refractivity contribution in [3.05, 3.63) is 39.8 Å². The first-order valence-corrected chi connectivity index (χ1v) is 7.99. The number of anilines is 1. The fourth-order valence-electron chi connectivity index (χ4n) is 3.37. The zero-order chi connectivity index (χ0) is 16.6. The van der Waals surface area contributed by atoms with Gasteiger partial charge in [0.2, 0.25) is 0 Å². The highest BCUT2D eigenvalue weighted by Gasteiger charge is 2.27. The summed E-state index contributed by atoms with van der Waals surface area (Å²) in [6.45, 7) is 1.87. The fraction of sp³-hybridized carbons (Fsp3) is 0.471. The van der Waals surface area contributed by atoms with Gasteiger partial charge in [-0.1, -0.05) is 25.3 Å². The van der Waals surface area contributed by atoms with Crippen LogP contribution in [0.3, 0.4) is 0 Å². The fourth-order valence-corrected chi connectivity index (χ4v) is 3.37. The second kappa shape index (κ2) is 6.02. The van der Waals surface area contributed by atoms with Crippen molar-refractivity contribution in [1.29, 1.82) is 0 Å². The molecule has 6 heteroatoms. The molecule has 1 aliphatic rings. The molecule has 2 aromatic heterocycles. The molecule has 1 aliphatic carbocycles. The first-order chi connectivity index (χ1) is 11.0. The number of rotatable bonds is 3. The summed E-state index contributed by atoms with van der Waals surface area (Å²) >= 11 is 0. The largest absolute Gasteiger partial charge is 0.477 e. The number of hydrogen-bond acceptors (Lipinski definition) is 4. The normalized spacial score (nSPS) is 15.7. The molecule has 0 amide bonds. The van der Waals surface area contributed by atoms with Gasteiger partial charge in [-0.15, -0.1) is 0 Å². The number of aromatic carboxylic acids is 1. The van der Waals surface area contributed by atoms with Crippen LogP contribution in [0.25, 0.3) is 5.65 Å². The molecule has 2 aromatic rings. The van der Waals surface area contributed by atoms with Crippen molar-refractivity contribution in [3.8, 4) is 0 Å². The molecule has 0 saturated heterocycles. The number of carbonyl (C=O) groups is 1. The van der Waals surface area contributed by atoms with Crippen molar-refractivity contribution in [1.82, 2.24) is 9.38 Å². The lowest BCUT2D eigenvalue weighted by Crippen LogP contribution is -2.37. The number of nitrogens with zero attached hydrogens (tertiary/aromatic N) is 3. The molecule has 1 saturated carbocycles. The van der Waals surface area contributed by atoms with Gasteiger partial charge >= 0.3 is 5.97 Å². The van der Waals surface area contributed by atoms with Crippen LogP contribution in [-0.2, 0) is 0 Å². The van der Waals surface area contributed by atoms with Crippen LogP contribution in [0.4, 0.5) is 5.82 Å². The molecular weight excluding hydrogens is 294 g/mol. The van der Waals surface area contributed by atoms with E-state index in [1.165, 1.54) is 10.8 Å². The average Bonchev–Trinajstić information content (AvgIpc) is 2.55. The van der Waals surface area contributed by atoms with Crippen molar-refractivity contribution >= 4 is 17.4 Å². The molecule has 23 heavy (non-hydrogen) atoms. The monoisotopic (exact) mass is 315 g/mol. The van der Waals surface area contributed by atoms with Crippen molar-refractivity contribution in [2.45, 2.75) is 45.1 Å². The number of pyridine rings is 1. The van der Waals surface area contributed by atoms with E-state index in [0.717, 1.165) is 31.2 Å². The highest BCUT2D eigenvalue weighted by atomic mass is 16.4. The third-order valence-electron chi connectivity index (χ3n) is 4.70. The molecule has 0 atom stereocenters. The van der Waals surface area contributed by atoms with Gasteiger partial charge in [0.25, 0.3) is 5.56 Å². The number of fused-ring (bicyclic) bond motifs is 1. The predicted octanol–water partition coefficient (Wildman–Crippen LogP) is 2.47. The second-order valence-electron chi connectivity index (χ2n) is 6.21. The van der Waals surface area contributed by atoms with Gasteiger partial charge in [0.1, 0.15) is 5.65 Å². The van der Waals surface area contributed by atoms with Crippen LogP contribution in [0.2, 0.25) is 0 Å². The van der Waals surface area contributed by atoms with E-state index in [0.29, 0.717) is 5.65 Å². The zero-order valence-corrected chi connectivity index (χ0v) is 13.5. The van der Waals surface area contributed by atoms with Crippen molar-refractivity contribution in [2.75, 3.05) is 11.9 Å². The molecule has 0 radical (unpaired) electrons. The molecule has 6 nitrogen and oxygen atoms in total. The van der Waals surface area contributed by atoms with Gasteiger partial charge in [0.05, 0.1) is 0 Å². The Morgan fingerprint density at radius 1 is 1.35 bits per heavy atom. The minimum Gasteiger partial charge on any atom is -0.477 e. The summed E-state index contributed by atoms with van der Waals surface area (Å²) in [5.41, 5.74) is 0.588. The summed E-state index contributed by atoms with van der Waals surface area (Å²) in [6.07, 6.45) is 7.04. The molecule has 122 valence electrons. The molecule has 1 fully saturated rings. The Hall–Kier alpha value is -2.37. The first kappa shape index (κ1) is 15.5. The van der Waals surface area contributed by atoms with Crippen LogP contribution in [0.1, 0.15) is 48.0 Å². The van der Waals surface area contributed by atoms with Crippen molar-refractivity contribution in [2.24, 2.45) is 0 Å². The maximum absolute atomic E-state index is 12.6. The van der Waals surface area contributed by atoms with E-state index in [1.54, 1.807) is 12.3 Å². The van der Waals surface area contributed by atoms with Crippen LogP contribution in [0.5, 0.6) is 0 Å². The Morgan fingerprint density at radius 3 is 2.70 bits per heavy atom. The van der Waals surface area contributed by atoms with Crippen molar-refractivity contribution < 1.29 is 9.90 Å². The van der Waals surface area contributed by atoms with Gasteiger partial charge in [-0.3, -0.25) is 9.20 Å². The smallest absolute Gasteiger partial charge is 0.345 e. The summed E-state index contributed by atoms with van der Waals surface area (Å²) in [4.78, 5) is 30.7. The summed E-state index contributed by atoms with van der Waals surface area (Å²) in [6, 6.07) is 3.83. The summed E-state index contributed by atoms with van der Waals surface area (Å²) in [7, 11) is 1.85. The highest BCUT2D eigenvalue weighted by Crippen LogP contribution is 2.26. The van der Waals surface area contributed by atoms with E-state index in [2.05, 4.69) is 4.98 Å². The quantitative estimate of drug-likeness (QED) is 0.941. The lowest BCUT2D eigenvalue weighted by Gasteiger charge is -2.32. The molecule has 1 N–H and O–H groups in total. The van der Waals surface area contributed by atoms with Gasteiger partial charge in [0, 0.05) is 19.3 Å². The number of aromatic nitrogens is 2. The van der Waals surface area contributed by atoms with Crippen LogP contribution in [0.15, 0.2) is 23.1 Å². The maximum Gasteiger partial charge on any atom is 0.345 e. The van der Waals surface area contributed by atoms with Crippen LogP contribution < -0.4 is 10.5 Å². The minimum atomic E-state index is -1.23. The summed E-state index contributed by atoms with van der Waals surface area (Å²) < 4.78 is 1.32. The van der Waals surface area contributed by atoms with Crippen molar-refractivity contribution in [3.63, 3.8) is 0 Å². The molecular formula is C17H21N3O3. The summed E-state index contributed by atoms with van der Waals surface area (Å²) in [5.74, 6) is -0.945. The van der Waals surface area contributed by atoms with E-state index in [-0.39, 0.29) is 17.4 Å². The van der Waals surface area contributed by atoms with Gasteiger partial charge in [0.15, 0.2) is 11.4 Å². The molecule has 0 aromatic carbocycles. The number of carboxylic acids is 1. The van der Waals surface area contributed by atoms with Crippen LogP contribution >= 0.6 is 0 Å². The van der Waals surface area contributed by atoms with E-state index >= 15 is 0 Å². The maximum atomic E-state index is 12.6. The molecule has 0 spiro atoms. The lowest BCUT2D eigenvalue weighted by molar-refractivity contribution is 0.0695. The highest BCUT2D eigenvalue weighted by molar-refractivity contribution is 5.93. The molecule has 0 unspecified atom stereocenters. The van der Waals surface area contributed by atoms with Gasteiger partial charge in [-0.2, -0.15) is 0 Å². The second-order valence-corrected chi connectivity index (χ2v) is 6.21. The number of carboxylic acid groups (broad SMARTS) is 1. The molecule has 0 aliphatic heterocycles. The Labute approximate surface area is 134 Å². The minimum absolute atomic E-state index is 0.236. The molecule has 3 rings (SSSR count). The summed E-state index contributed by atoms with van der Waals surface area (Å²) in [5, 5.41) is 9.54. The standard InChI is InChI=1S/C17H21N3O3/c1-11-7-6-10-20-14(11)18-15(13(16(20)21)17(22)23)19(2)12-8-4-3-5-9-12/h6-7,10,12H,3-5,8-9H2,1-2H3,(H,22,23). The Kier molecular flexibility index (Phi) is 4.07. The first-order valence-electron chi connectivity index (χ1n) is 7.99. The molecule has 0 bridgehead atoms. The Bertz CT molecular complexity index is 807. The van der Waals surface area contributed by atoms with E-state index in [9.17, 15) is 14.7 Å². The zero-order valence-electron chi connectivity index (χ0n) is 13.5. The van der Waals surface area contributed by atoms with Gasteiger partial charge < -0.3 is 10.0 Å².